The number of pyridine rings is 1. The average Bonchev–Trinajstić information content (AvgIpc) is 2.37. The molecule has 17 heavy (non-hydrogen) atoms. The lowest BCUT2D eigenvalue weighted by atomic mass is 10.1. The first kappa shape index (κ1) is 11.4. The van der Waals surface area contributed by atoms with Gasteiger partial charge in [-0.3, -0.25) is 4.79 Å². The molecule has 0 amide bonds. The summed E-state index contributed by atoms with van der Waals surface area (Å²) in [6, 6.07) is 7.06. The number of aromatic amines is 1. The summed E-state index contributed by atoms with van der Waals surface area (Å²) in [5, 5.41) is 0.499. The molecule has 2 aromatic rings. The number of carbonyl (C=O) groups excluding carboxylic acids is 1. The van der Waals surface area contributed by atoms with Gasteiger partial charge in [-0.25, -0.2) is 4.79 Å². The Labute approximate surface area is 98.2 Å². The Balaban J connectivity index is 2.46. The van der Waals surface area contributed by atoms with Crippen molar-refractivity contribution in [3.63, 3.8) is 0 Å². The van der Waals surface area contributed by atoms with Crippen molar-refractivity contribution in [3.8, 4) is 0 Å². The van der Waals surface area contributed by atoms with Crippen molar-refractivity contribution in [2.45, 2.75) is 13.3 Å². The minimum atomic E-state index is -0.571. The van der Waals surface area contributed by atoms with Crippen LogP contribution in [0.5, 0.6) is 0 Å². The normalized spacial score (nSPS) is 10.4. The van der Waals surface area contributed by atoms with Crippen LogP contribution in [0.25, 0.3) is 10.9 Å². The predicted molar refractivity (Wildman–Crippen MR) is 65.1 cm³/mol. The number of nitrogens with one attached hydrogen (secondary N) is 1. The van der Waals surface area contributed by atoms with Crippen LogP contribution in [0.15, 0.2) is 35.3 Å². The molecule has 88 valence electrons. The Kier molecular flexibility index (Phi) is 3.23. The molecule has 0 bridgehead atoms. The highest BCUT2D eigenvalue weighted by Crippen LogP contribution is 2.07. The number of benzene rings is 1. The highest BCUT2D eigenvalue weighted by molar-refractivity contribution is 5.93. The monoisotopic (exact) mass is 231 g/mol. The maximum absolute atomic E-state index is 12.0. The summed E-state index contributed by atoms with van der Waals surface area (Å²) in [5.74, 6) is -0.571. The van der Waals surface area contributed by atoms with Crippen LogP contribution in [0.2, 0.25) is 0 Å². The summed E-state index contributed by atoms with van der Waals surface area (Å²) in [5.41, 5.74) is 0.474. The van der Waals surface area contributed by atoms with E-state index < -0.39 is 5.97 Å². The van der Waals surface area contributed by atoms with Gasteiger partial charge in [-0.05, 0) is 18.6 Å². The zero-order valence-electron chi connectivity index (χ0n) is 9.53. The molecular formula is C13H13NO3. The number of para-hydroxylation sites is 1. The van der Waals surface area contributed by atoms with E-state index in [2.05, 4.69) is 4.98 Å². The van der Waals surface area contributed by atoms with Gasteiger partial charge in [0, 0.05) is 17.1 Å². The Morgan fingerprint density at radius 3 is 2.88 bits per heavy atom. The molecule has 0 atom stereocenters. The molecule has 4 heteroatoms. The second kappa shape index (κ2) is 4.82. The Hall–Kier alpha value is -2.10. The summed E-state index contributed by atoms with van der Waals surface area (Å²) < 4.78 is 4.95. The standard InChI is InChI=1S/C13H13NO3/c1-2-7-17-13(16)10-8-14-11-6-4-3-5-9(11)12(10)15/h3-6,8H,2,7H2,1H3,(H,14,15). The molecule has 0 aliphatic rings. The quantitative estimate of drug-likeness (QED) is 0.823. The molecule has 0 spiro atoms. The number of esters is 1. The van der Waals surface area contributed by atoms with Crippen LogP contribution in [-0.4, -0.2) is 17.6 Å². The number of rotatable bonds is 3. The van der Waals surface area contributed by atoms with Crippen molar-refractivity contribution in [2.24, 2.45) is 0 Å². The Morgan fingerprint density at radius 1 is 1.35 bits per heavy atom. The van der Waals surface area contributed by atoms with Crippen LogP contribution in [-0.2, 0) is 4.74 Å². The number of ether oxygens (including phenoxy) is 1. The Bertz CT molecular complexity index is 601. The first-order chi connectivity index (χ1) is 8.24. The van der Waals surface area contributed by atoms with Crippen molar-refractivity contribution < 1.29 is 9.53 Å². The molecule has 0 saturated carbocycles. The van der Waals surface area contributed by atoms with Crippen molar-refractivity contribution >= 4 is 16.9 Å². The Morgan fingerprint density at radius 2 is 2.12 bits per heavy atom. The maximum atomic E-state index is 12.0. The van der Waals surface area contributed by atoms with E-state index in [0.717, 1.165) is 6.42 Å². The van der Waals surface area contributed by atoms with Crippen LogP contribution in [0, 0.1) is 0 Å². The van der Waals surface area contributed by atoms with Gasteiger partial charge in [-0.2, -0.15) is 0 Å². The van der Waals surface area contributed by atoms with Crippen molar-refractivity contribution in [2.75, 3.05) is 6.61 Å². The number of hydrogen-bond acceptors (Lipinski definition) is 3. The van der Waals surface area contributed by atoms with Crippen LogP contribution >= 0.6 is 0 Å². The first-order valence-electron chi connectivity index (χ1n) is 5.51. The van der Waals surface area contributed by atoms with E-state index in [4.69, 9.17) is 4.74 Å². The van der Waals surface area contributed by atoms with Gasteiger partial charge in [-0.15, -0.1) is 0 Å². The lowest BCUT2D eigenvalue weighted by Gasteiger charge is -2.03. The van der Waals surface area contributed by atoms with Crippen LogP contribution < -0.4 is 5.43 Å². The van der Waals surface area contributed by atoms with Crippen LogP contribution in [0.3, 0.4) is 0 Å². The predicted octanol–water partition coefficient (Wildman–Crippen LogP) is 2.09. The maximum Gasteiger partial charge on any atom is 0.343 e. The van der Waals surface area contributed by atoms with Crippen molar-refractivity contribution in [1.29, 1.82) is 0 Å². The molecule has 0 radical (unpaired) electrons. The third kappa shape index (κ3) is 2.20. The highest BCUT2D eigenvalue weighted by Gasteiger charge is 2.13. The number of fused-ring (bicyclic) bond motifs is 1. The molecule has 1 N–H and O–H groups in total. The number of carbonyl (C=O) groups is 1. The highest BCUT2D eigenvalue weighted by atomic mass is 16.5. The third-order valence-corrected chi connectivity index (χ3v) is 2.45. The van der Waals surface area contributed by atoms with Crippen LogP contribution in [0.4, 0.5) is 0 Å². The average molecular weight is 231 g/mol. The van der Waals surface area contributed by atoms with E-state index in [1.165, 1.54) is 6.20 Å². The number of H-pyrrole nitrogens is 1. The van der Waals surface area contributed by atoms with E-state index in [0.29, 0.717) is 17.5 Å². The molecule has 0 unspecified atom stereocenters. The summed E-state index contributed by atoms with van der Waals surface area (Å²) in [6.07, 6.45) is 2.14. The van der Waals surface area contributed by atoms with Gasteiger partial charge in [-0.1, -0.05) is 19.1 Å². The molecule has 4 nitrogen and oxygen atoms in total. The second-order valence-corrected chi connectivity index (χ2v) is 3.71. The van der Waals surface area contributed by atoms with Gasteiger partial charge in [0.15, 0.2) is 0 Å². The summed E-state index contributed by atoms with van der Waals surface area (Å²) in [7, 11) is 0. The molecule has 1 aromatic carbocycles. The van der Waals surface area contributed by atoms with Crippen LogP contribution in [0.1, 0.15) is 23.7 Å². The smallest absolute Gasteiger partial charge is 0.343 e. The van der Waals surface area contributed by atoms with Gasteiger partial charge in [0.1, 0.15) is 5.56 Å². The third-order valence-electron chi connectivity index (χ3n) is 2.45. The number of hydrogen-bond donors (Lipinski definition) is 1. The lowest BCUT2D eigenvalue weighted by Crippen LogP contribution is -2.18. The summed E-state index contributed by atoms with van der Waals surface area (Å²) in [6.45, 7) is 2.23. The fourth-order valence-electron chi connectivity index (χ4n) is 1.59. The second-order valence-electron chi connectivity index (χ2n) is 3.71. The van der Waals surface area contributed by atoms with Crippen molar-refractivity contribution in [3.05, 3.63) is 46.2 Å². The fourth-order valence-corrected chi connectivity index (χ4v) is 1.59. The fraction of sp³-hybridized carbons (Fsp3) is 0.231. The molecule has 0 aliphatic carbocycles. The van der Waals surface area contributed by atoms with E-state index in [9.17, 15) is 9.59 Å². The molecule has 0 fully saturated rings. The van der Waals surface area contributed by atoms with E-state index >= 15 is 0 Å². The zero-order valence-corrected chi connectivity index (χ0v) is 9.53. The van der Waals surface area contributed by atoms with E-state index in [1.807, 2.05) is 13.0 Å². The minimum absolute atomic E-state index is 0.0529. The summed E-state index contributed by atoms with van der Waals surface area (Å²) in [4.78, 5) is 26.6. The van der Waals surface area contributed by atoms with Gasteiger partial charge in [0.05, 0.1) is 6.61 Å². The summed E-state index contributed by atoms with van der Waals surface area (Å²) >= 11 is 0. The SMILES string of the molecule is CCCOC(=O)c1c[nH]c2ccccc2c1=O. The number of aromatic nitrogens is 1. The van der Waals surface area contributed by atoms with E-state index in [1.54, 1.807) is 18.2 Å². The topological polar surface area (TPSA) is 59.2 Å². The first-order valence-corrected chi connectivity index (χ1v) is 5.51. The molecule has 0 aliphatic heterocycles. The van der Waals surface area contributed by atoms with Gasteiger partial charge >= 0.3 is 5.97 Å². The van der Waals surface area contributed by atoms with Gasteiger partial charge < -0.3 is 9.72 Å². The lowest BCUT2D eigenvalue weighted by molar-refractivity contribution is 0.0503. The molecule has 1 heterocycles. The largest absolute Gasteiger partial charge is 0.462 e. The molecule has 2 rings (SSSR count). The van der Waals surface area contributed by atoms with Crippen molar-refractivity contribution in [1.82, 2.24) is 4.98 Å². The molecule has 0 saturated heterocycles. The van der Waals surface area contributed by atoms with Gasteiger partial charge in [0.25, 0.3) is 0 Å². The zero-order chi connectivity index (χ0) is 12.3. The molecule has 1 aromatic heterocycles. The van der Waals surface area contributed by atoms with E-state index in [-0.39, 0.29) is 11.0 Å². The molecular weight excluding hydrogens is 218 g/mol. The van der Waals surface area contributed by atoms with Gasteiger partial charge in [0.2, 0.25) is 5.43 Å². The minimum Gasteiger partial charge on any atom is -0.462 e.